The molecule has 0 rings (SSSR count). The number of allylic oxidation sites excluding steroid dienone is 4. The summed E-state index contributed by atoms with van der Waals surface area (Å²) in [4.78, 5) is 11.4. The summed E-state index contributed by atoms with van der Waals surface area (Å²) in [5, 5.41) is 0. The molecule has 0 aromatic rings. The van der Waals surface area contributed by atoms with Gasteiger partial charge in [0.1, 0.15) is 6.61 Å². The Kier molecular flexibility index (Phi) is 20.0. The fraction of sp³-hybridized carbons (Fsp3) is 0.773. The molecule has 0 unspecified atom stereocenters. The highest BCUT2D eigenvalue weighted by Crippen LogP contribution is 2.11. The highest BCUT2D eigenvalue weighted by atomic mass is 16.6. The van der Waals surface area contributed by atoms with Crippen LogP contribution in [0.4, 0.5) is 0 Å². The molecule has 0 aliphatic rings. The van der Waals surface area contributed by atoms with E-state index in [1.54, 1.807) is 7.11 Å². The van der Waals surface area contributed by atoms with Crippen molar-refractivity contribution >= 4 is 5.97 Å². The minimum Gasteiger partial charge on any atom is -0.463 e. The van der Waals surface area contributed by atoms with Crippen LogP contribution in [-0.4, -0.2) is 26.3 Å². The molecule has 0 aromatic carbocycles. The molecule has 0 spiro atoms. The van der Waals surface area contributed by atoms with E-state index in [0.29, 0.717) is 19.6 Å². The van der Waals surface area contributed by atoms with Crippen LogP contribution in [0.25, 0.3) is 0 Å². The third kappa shape index (κ3) is 20.9. The van der Waals surface area contributed by atoms with Gasteiger partial charge in [0.2, 0.25) is 0 Å². The molecule has 0 aliphatic carbocycles. The van der Waals surface area contributed by atoms with Gasteiger partial charge in [-0.25, -0.2) is 0 Å². The summed E-state index contributed by atoms with van der Waals surface area (Å²) in [7, 11) is 1.61. The molecular formula is C22H40O3. The fourth-order valence-corrected chi connectivity index (χ4v) is 2.57. The van der Waals surface area contributed by atoms with E-state index in [1.807, 2.05) is 0 Å². The maximum Gasteiger partial charge on any atom is 0.305 e. The first kappa shape index (κ1) is 23.9. The summed E-state index contributed by atoms with van der Waals surface area (Å²) in [6.07, 6.45) is 24.3. The first-order chi connectivity index (χ1) is 12.3. The number of esters is 1. The van der Waals surface area contributed by atoms with Crippen LogP contribution in [0.15, 0.2) is 24.3 Å². The van der Waals surface area contributed by atoms with Crippen molar-refractivity contribution in [1.29, 1.82) is 0 Å². The summed E-state index contributed by atoms with van der Waals surface area (Å²) < 4.78 is 9.88. The summed E-state index contributed by atoms with van der Waals surface area (Å²) in [6, 6.07) is 0. The molecule has 0 bridgehead atoms. The zero-order valence-corrected chi connectivity index (χ0v) is 16.6. The molecule has 146 valence electrons. The molecule has 0 aliphatic heterocycles. The molecule has 0 aromatic heterocycles. The Labute approximate surface area is 155 Å². The molecule has 0 amide bonds. The Morgan fingerprint density at radius 3 is 1.92 bits per heavy atom. The second kappa shape index (κ2) is 21.0. The first-order valence-electron chi connectivity index (χ1n) is 10.3. The van der Waals surface area contributed by atoms with Gasteiger partial charge < -0.3 is 9.47 Å². The van der Waals surface area contributed by atoms with Crippen LogP contribution in [0.1, 0.15) is 90.4 Å². The van der Waals surface area contributed by atoms with Crippen LogP contribution < -0.4 is 0 Å². The second-order valence-corrected chi connectivity index (χ2v) is 6.58. The lowest BCUT2D eigenvalue weighted by molar-refractivity contribution is -0.145. The van der Waals surface area contributed by atoms with Crippen molar-refractivity contribution in [3.05, 3.63) is 24.3 Å². The SMILES string of the molecule is CCCCC=CC=CCCCCCCCCCCC(=O)OCCOC. The maximum absolute atomic E-state index is 11.4. The number of unbranched alkanes of at least 4 members (excludes halogenated alkanes) is 10. The van der Waals surface area contributed by atoms with E-state index in [0.717, 1.165) is 12.8 Å². The largest absolute Gasteiger partial charge is 0.463 e. The van der Waals surface area contributed by atoms with E-state index in [4.69, 9.17) is 9.47 Å². The van der Waals surface area contributed by atoms with Crippen LogP contribution in [0.5, 0.6) is 0 Å². The third-order valence-electron chi connectivity index (χ3n) is 4.16. The molecule has 0 radical (unpaired) electrons. The number of hydrogen-bond donors (Lipinski definition) is 0. The van der Waals surface area contributed by atoms with Gasteiger partial charge in [0.15, 0.2) is 0 Å². The Morgan fingerprint density at radius 2 is 1.32 bits per heavy atom. The van der Waals surface area contributed by atoms with E-state index in [-0.39, 0.29) is 5.97 Å². The van der Waals surface area contributed by atoms with Gasteiger partial charge in [0.05, 0.1) is 6.61 Å². The molecule has 0 N–H and O–H groups in total. The normalized spacial score (nSPS) is 11.6. The summed E-state index contributed by atoms with van der Waals surface area (Å²) >= 11 is 0. The molecule has 3 nitrogen and oxygen atoms in total. The number of rotatable bonds is 18. The fourth-order valence-electron chi connectivity index (χ4n) is 2.57. The lowest BCUT2D eigenvalue weighted by Gasteiger charge is -2.04. The smallest absolute Gasteiger partial charge is 0.305 e. The number of carbonyl (C=O) groups is 1. The van der Waals surface area contributed by atoms with Gasteiger partial charge in [-0.3, -0.25) is 4.79 Å². The molecule has 25 heavy (non-hydrogen) atoms. The monoisotopic (exact) mass is 352 g/mol. The van der Waals surface area contributed by atoms with Crippen molar-refractivity contribution in [2.75, 3.05) is 20.3 Å². The molecule has 0 fully saturated rings. The van der Waals surface area contributed by atoms with E-state index in [9.17, 15) is 4.79 Å². The predicted octanol–water partition coefficient (Wildman–Crippen LogP) is 6.38. The Hall–Kier alpha value is -1.09. The highest BCUT2D eigenvalue weighted by molar-refractivity contribution is 5.69. The molecule has 0 saturated carbocycles. The standard InChI is InChI=1S/C22H40O3/c1-3-4-5-6-7-8-9-10-11-12-13-14-15-16-17-18-19-22(23)25-21-20-24-2/h6-9H,3-5,10-21H2,1-2H3. The molecule has 0 heterocycles. The second-order valence-electron chi connectivity index (χ2n) is 6.58. The van der Waals surface area contributed by atoms with Crippen LogP contribution >= 0.6 is 0 Å². The molecular weight excluding hydrogens is 312 g/mol. The Bertz CT molecular complexity index is 334. The van der Waals surface area contributed by atoms with Crippen molar-refractivity contribution in [1.82, 2.24) is 0 Å². The first-order valence-corrected chi connectivity index (χ1v) is 10.3. The summed E-state index contributed by atoms with van der Waals surface area (Å²) in [5.41, 5.74) is 0. The van der Waals surface area contributed by atoms with Crippen molar-refractivity contribution in [2.45, 2.75) is 90.4 Å². The van der Waals surface area contributed by atoms with Gasteiger partial charge in [0.25, 0.3) is 0 Å². The molecule has 0 atom stereocenters. The van der Waals surface area contributed by atoms with Crippen molar-refractivity contribution in [3.63, 3.8) is 0 Å². The van der Waals surface area contributed by atoms with Gasteiger partial charge in [-0.1, -0.05) is 82.6 Å². The Morgan fingerprint density at radius 1 is 0.760 bits per heavy atom. The van der Waals surface area contributed by atoms with Gasteiger partial charge >= 0.3 is 5.97 Å². The van der Waals surface area contributed by atoms with Crippen molar-refractivity contribution in [3.8, 4) is 0 Å². The van der Waals surface area contributed by atoms with Crippen LogP contribution in [0.2, 0.25) is 0 Å². The van der Waals surface area contributed by atoms with Gasteiger partial charge in [0, 0.05) is 13.5 Å². The number of methoxy groups -OCH3 is 1. The predicted molar refractivity (Wildman–Crippen MR) is 107 cm³/mol. The topological polar surface area (TPSA) is 35.5 Å². The number of ether oxygens (including phenoxy) is 2. The average molecular weight is 353 g/mol. The van der Waals surface area contributed by atoms with Gasteiger partial charge in [-0.2, -0.15) is 0 Å². The van der Waals surface area contributed by atoms with Crippen LogP contribution in [-0.2, 0) is 14.3 Å². The number of hydrogen-bond acceptors (Lipinski definition) is 3. The van der Waals surface area contributed by atoms with E-state index in [1.165, 1.54) is 64.2 Å². The molecule has 0 saturated heterocycles. The summed E-state index contributed by atoms with van der Waals surface area (Å²) in [5.74, 6) is -0.0923. The quantitative estimate of drug-likeness (QED) is 0.163. The lowest BCUT2D eigenvalue weighted by Crippen LogP contribution is -2.09. The summed E-state index contributed by atoms with van der Waals surface area (Å²) in [6.45, 7) is 3.09. The van der Waals surface area contributed by atoms with Crippen LogP contribution in [0, 0.1) is 0 Å². The Balaban J connectivity index is 3.20. The minimum atomic E-state index is -0.0923. The van der Waals surface area contributed by atoms with Gasteiger partial charge in [-0.15, -0.1) is 0 Å². The third-order valence-corrected chi connectivity index (χ3v) is 4.16. The van der Waals surface area contributed by atoms with E-state index in [2.05, 4.69) is 31.2 Å². The van der Waals surface area contributed by atoms with Crippen LogP contribution in [0.3, 0.4) is 0 Å². The zero-order valence-electron chi connectivity index (χ0n) is 16.6. The molecule has 3 heteroatoms. The van der Waals surface area contributed by atoms with E-state index >= 15 is 0 Å². The lowest BCUT2D eigenvalue weighted by atomic mass is 10.1. The average Bonchev–Trinajstić information content (AvgIpc) is 2.61. The van der Waals surface area contributed by atoms with Crippen molar-refractivity contribution in [2.24, 2.45) is 0 Å². The highest BCUT2D eigenvalue weighted by Gasteiger charge is 2.01. The number of carbonyl (C=O) groups excluding carboxylic acids is 1. The van der Waals surface area contributed by atoms with Crippen molar-refractivity contribution < 1.29 is 14.3 Å². The van der Waals surface area contributed by atoms with Gasteiger partial charge in [-0.05, 0) is 25.7 Å². The maximum atomic E-state index is 11.4. The zero-order chi connectivity index (χ0) is 18.4. The van der Waals surface area contributed by atoms with E-state index < -0.39 is 0 Å². The minimum absolute atomic E-state index is 0.0923.